The Morgan fingerprint density at radius 1 is 0.967 bits per heavy atom. The van der Waals surface area contributed by atoms with Gasteiger partial charge in [-0.2, -0.15) is 0 Å². The zero-order chi connectivity index (χ0) is 21.7. The normalized spacial score (nSPS) is 11.0. The van der Waals surface area contributed by atoms with Gasteiger partial charge in [0.2, 0.25) is 0 Å². The molecule has 0 aliphatic rings. The molecule has 0 spiro atoms. The minimum atomic E-state index is -3.76. The number of benzene rings is 3. The molecule has 7 heteroatoms. The van der Waals surface area contributed by atoms with Crippen LogP contribution >= 0.6 is 0 Å². The first-order valence-corrected chi connectivity index (χ1v) is 11.0. The maximum atomic E-state index is 12.8. The minimum absolute atomic E-state index is 0.162. The predicted octanol–water partition coefficient (Wildman–Crippen LogP) is 4.76. The smallest absolute Gasteiger partial charge is 0.261 e. The molecule has 1 amide bonds. The van der Waals surface area contributed by atoms with Gasteiger partial charge in [-0.25, -0.2) is 8.42 Å². The molecule has 156 valence electrons. The molecule has 0 unspecified atom stereocenters. The lowest BCUT2D eigenvalue weighted by Crippen LogP contribution is -2.17. The Bertz CT molecular complexity index is 1160. The van der Waals surface area contributed by atoms with E-state index in [1.54, 1.807) is 67.6 Å². The lowest BCUT2D eigenvalue weighted by atomic mass is 10.1. The van der Waals surface area contributed by atoms with Crippen molar-refractivity contribution in [2.75, 3.05) is 16.6 Å². The summed E-state index contributed by atoms with van der Waals surface area (Å²) in [7, 11) is -3.76. The Labute approximate surface area is 177 Å². The molecule has 6 nitrogen and oxygen atoms in total. The van der Waals surface area contributed by atoms with Crippen LogP contribution in [-0.4, -0.2) is 20.9 Å². The summed E-state index contributed by atoms with van der Waals surface area (Å²) in [5, 5.41) is 2.83. The second kappa shape index (κ2) is 9.00. The van der Waals surface area contributed by atoms with Gasteiger partial charge in [0.1, 0.15) is 5.75 Å². The van der Waals surface area contributed by atoms with Gasteiger partial charge >= 0.3 is 0 Å². The van der Waals surface area contributed by atoms with Gasteiger partial charge in [-0.1, -0.05) is 29.8 Å². The van der Waals surface area contributed by atoms with Gasteiger partial charge in [0.15, 0.2) is 0 Å². The number of hydrogen-bond acceptors (Lipinski definition) is 4. The van der Waals surface area contributed by atoms with E-state index in [9.17, 15) is 13.2 Å². The van der Waals surface area contributed by atoms with Crippen LogP contribution in [0.25, 0.3) is 0 Å². The number of ether oxygens (including phenoxy) is 1. The van der Waals surface area contributed by atoms with Crippen molar-refractivity contribution >= 4 is 27.3 Å². The summed E-state index contributed by atoms with van der Waals surface area (Å²) in [5.74, 6) is 0.323. The molecule has 30 heavy (non-hydrogen) atoms. The summed E-state index contributed by atoms with van der Waals surface area (Å²) >= 11 is 0. The molecule has 0 saturated heterocycles. The van der Waals surface area contributed by atoms with Crippen LogP contribution in [0.2, 0.25) is 0 Å². The molecule has 0 aliphatic carbocycles. The van der Waals surface area contributed by atoms with Crippen LogP contribution in [0.1, 0.15) is 28.4 Å². The van der Waals surface area contributed by atoms with Gasteiger partial charge in [-0.3, -0.25) is 9.52 Å². The summed E-state index contributed by atoms with van der Waals surface area (Å²) in [6.07, 6.45) is 0. The minimum Gasteiger partial charge on any atom is -0.494 e. The Morgan fingerprint density at radius 2 is 1.67 bits per heavy atom. The van der Waals surface area contributed by atoms with Gasteiger partial charge in [-0.15, -0.1) is 0 Å². The summed E-state index contributed by atoms with van der Waals surface area (Å²) in [6, 6.07) is 18.6. The van der Waals surface area contributed by atoms with Crippen LogP contribution in [0.3, 0.4) is 0 Å². The molecule has 0 aliphatic heterocycles. The Hall–Kier alpha value is -3.32. The fraction of sp³-hybridized carbons (Fsp3) is 0.174. The van der Waals surface area contributed by atoms with Crippen LogP contribution < -0.4 is 14.8 Å². The molecular weight excluding hydrogens is 400 g/mol. The zero-order valence-corrected chi connectivity index (χ0v) is 17.9. The van der Waals surface area contributed by atoms with E-state index >= 15 is 0 Å². The van der Waals surface area contributed by atoms with Gasteiger partial charge in [-0.05, 0) is 62.7 Å². The molecule has 0 radical (unpaired) electrons. The summed E-state index contributed by atoms with van der Waals surface area (Å²) in [5.41, 5.74) is 2.83. The first kappa shape index (κ1) is 21.4. The van der Waals surface area contributed by atoms with Crippen LogP contribution in [0.5, 0.6) is 5.75 Å². The molecular formula is C23H24N2O4S. The van der Waals surface area contributed by atoms with Gasteiger partial charge in [0.05, 0.1) is 17.2 Å². The Kier molecular flexibility index (Phi) is 6.42. The molecule has 3 rings (SSSR count). The fourth-order valence-electron chi connectivity index (χ4n) is 2.94. The molecule has 3 aromatic rings. The second-order valence-electron chi connectivity index (χ2n) is 6.81. The third kappa shape index (κ3) is 4.99. The Morgan fingerprint density at radius 3 is 2.37 bits per heavy atom. The number of rotatable bonds is 7. The Balaban J connectivity index is 1.83. The number of hydrogen-bond donors (Lipinski definition) is 2. The van der Waals surface area contributed by atoms with Crippen molar-refractivity contribution in [3.8, 4) is 5.75 Å². The largest absolute Gasteiger partial charge is 0.494 e. The van der Waals surface area contributed by atoms with Crippen molar-refractivity contribution in [3.05, 3.63) is 83.4 Å². The third-order valence-electron chi connectivity index (χ3n) is 4.56. The average molecular weight is 425 g/mol. The van der Waals surface area contributed by atoms with Crippen LogP contribution in [0, 0.1) is 13.8 Å². The molecule has 0 aromatic heterocycles. The highest BCUT2D eigenvalue weighted by Crippen LogP contribution is 2.24. The number of carbonyl (C=O) groups excluding carboxylic acids is 1. The molecule has 0 saturated carbocycles. The molecule has 3 aromatic carbocycles. The van der Waals surface area contributed by atoms with Crippen molar-refractivity contribution in [1.29, 1.82) is 0 Å². The van der Waals surface area contributed by atoms with E-state index < -0.39 is 10.0 Å². The lowest BCUT2D eigenvalue weighted by Gasteiger charge is -2.14. The van der Waals surface area contributed by atoms with Gasteiger partial charge < -0.3 is 10.1 Å². The second-order valence-corrected chi connectivity index (χ2v) is 8.49. The van der Waals surface area contributed by atoms with E-state index in [4.69, 9.17) is 4.74 Å². The third-order valence-corrected chi connectivity index (χ3v) is 5.94. The first-order chi connectivity index (χ1) is 14.3. The van der Waals surface area contributed by atoms with E-state index in [1.165, 1.54) is 0 Å². The molecule has 0 bridgehead atoms. The maximum Gasteiger partial charge on any atom is 0.261 e. The number of anilines is 2. The SMILES string of the molecule is CCOc1cccc(NC(=O)c2cccc(NS(=O)(=O)c3ccc(C)cc3)c2C)c1. The zero-order valence-electron chi connectivity index (χ0n) is 17.1. The van der Waals surface area contributed by atoms with E-state index in [1.807, 2.05) is 19.9 Å². The van der Waals surface area contributed by atoms with Gasteiger partial charge in [0.25, 0.3) is 15.9 Å². The number of sulfonamides is 1. The number of carbonyl (C=O) groups is 1. The van der Waals surface area contributed by atoms with Crippen LogP contribution in [0.4, 0.5) is 11.4 Å². The summed E-state index contributed by atoms with van der Waals surface area (Å²) < 4.78 is 33.5. The predicted molar refractivity (Wildman–Crippen MR) is 119 cm³/mol. The molecule has 0 fully saturated rings. The average Bonchev–Trinajstić information content (AvgIpc) is 2.70. The number of amides is 1. The topological polar surface area (TPSA) is 84.5 Å². The van der Waals surface area contributed by atoms with E-state index in [-0.39, 0.29) is 10.8 Å². The van der Waals surface area contributed by atoms with Crippen molar-refractivity contribution in [2.45, 2.75) is 25.7 Å². The molecule has 0 atom stereocenters. The van der Waals surface area contributed by atoms with Gasteiger partial charge in [0, 0.05) is 17.3 Å². The van der Waals surface area contributed by atoms with Crippen molar-refractivity contribution in [2.24, 2.45) is 0 Å². The maximum absolute atomic E-state index is 12.8. The number of nitrogens with one attached hydrogen (secondary N) is 2. The standard InChI is InChI=1S/C23H24N2O4S/c1-4-29-19-8-5-7-18(15-19)24-23(26)21-9-6-10-22(17(21)3)25-30(27,28)20-13-11-16(2)12-14-20/h5-15,25H,4H2,1-3H3,(H,24,26). The molecule has 0 heterocycles. The van der Waals surface area contributed by atoms with Crippen molar-refractivity contribution in [1.82, 2.24) is 0 Å². The molecule has 2 N–H and O–H groups in total. The van der Waals surface area contributed by atoms with Crippen LogP contribution in [-0.2, 0) is 10.0 Å². The van der Waals surface area contributed by atoms with Crippen LogP contribution in [0.15, 0.2) is 71.6 Å². The highest BCUT2D eigenvalue weighted by Gasteiger charge is 2.18. The van der Waals surface area contributed by atoms with Crippen molar-refractivity contribution < 1.29 is 17.9 Å². The summed E-state index contributed by atoms with van der Waals surface area (Å²) in [4.78, 5) is 13.0. The quantitative estimate of drug-likeness (QED) is 0.573. The summed E-state index contributed by atoms with van der Waals surface area (Å²) in [6.45, 7) is 6.01. The number of aryl methyl sites for hydroxylation is 1. The van der Waals surface area contributed by atoms with Crippen molar-refractivity contribution in [3.63, 3.8) is 0 Å². The fourth-order valence-corrected chi connectivity index (χ4v) is 4.06. The monoisotopic (exact) mass is 424 g/mol. The van der Waals surface area contributed by atoms with E-state index in [0.717, 1.165) is 5.56 Å². The van der Waals surface area contributed by atoms with E-state index in [0.29, 0.717) is 34.9 Å². The first-order valence-electron chi connectivity index (χ1n) is 9.53. The highest BCUT2D eigenvalue weighted by atomic mass is 32.2. The van der Waals surface area contributed by atoms with E-state index in [2.05, 4.69) is 10.0 Å². The highest BCUT2D eigenvalue weighted by molar-refractivity contribution is 7.92. The lowest BCUT2D eigenvalue weighted by molar-refractivity contribution is 0.102.